The van der Waals surface area contributed by atoms with Crippen molar-refractivity contribution >= 4 is 5.96 Å². The van der Waals surface area contributed by atoms with Crippen molar-refractivity contribution in [1.82, 2.24) is 15.5 Å². The molecule has 1 saturated heterocycles. The van der Waals surface area contributed by atoms with E-state index in [1.165, 1.54) is 43.5 Å². The molecule has 0 aromatic heterocycles. The molecule has 2 rings (SSSR count). The van der Waals surface area contributed by atoms with E-state index in [1.54, 1.807) is 0 Å². The van der Waals surface area contributed by atoms with Gasteiger partial charge in [0.25, 0.3) is 0 Å². The summed E-state index contributed by atoms with van der Waals surface area (Å²) in [5, 5.41) is 16.2. The van der Waals surface area contributed by atoms with Gasteiger partial charge in [-0.2, -0.15) is 0 Å². The van der Waals surface area contributed by atoms with Crippen LogP contribution in [0.4, 0.5) is 0 Å². The van der Waals surface area contributed by atoms with Gasteiger partial charge in [-0.3, -0.25) is 4.90 Å². The van der Waals surface area contributed by atoms with Crippen LogP contribution >= 0.6 is 0 Å². The van der Waals surface area contributed by atoms with Gasteiger partial charge in [0, 0.05) is 26.2 Å². The van der Waals surface area contributed by atoms with Gasteiger partial charge in [0.05, 0.1) is 6.54 Å². The SMILES string of the molecule is CCNC(=NCc1ccccc1CN1CCCCC1)NCC(CCO)CC(C)C. The lowest BCUT2D eigenvalue weighted by Crippen LogP contribution is -2.40. The Morgan fingerprint density at radius 3 is 2.48 bits per heavy atom. The highest BCUT2D eigenvalue weighted by molar-refractivity contribution is 5.79. The maximum absolute atomic E-state index is 9.36. The summed E-state index contributed by atoms with van der Waals surface area (Å²) in [6, 6.07) is 8.71. The van der Waals surface area contributed by atoms with Crippen LogP contribution in [0.5, 0.6) is 0 Å². The van der Waals surface area contributed by atoms with E-state index in [4.69, 9.17) is 4.99 Å². The van der Waals surface area contributed by atoms with Crippen molar-refractivity contribution in [2.45, 2.75) is 66.0 Å². The summed E-state index contributed by atoms with van der Waals surface area (Å²) in [5.74, 6) is 1.97. The van der Waals surface area contributed by atoms with E-state index in [1.807, 2.05) is 0 Å². The molecular weight excluding hydrogens is 360 g/mol. The van der Waals surface area contributed by atoms with Crippen LogP contribution < -0.4 is 10.6 Å². The zero-order valence-corrected chi connectivity index (χ0v) is 18.8. The summed E-state index contributed by atoms with van der Waals surface area (Å²) < 4.78 is 0. The minimum absolute atomic E-state index is 0.247. The number of likely N-dealkylation sites (tertiary alicyclic amines) is 1. The zero-order chi connectivity index (χ0) is 20.9. The van der Waals surface area contributed by atoms with Crippen molar-refractivity contribution < 1.29 is 5.11 Å². The lowest BCUT2D eigenvalue weighted by molar-refractivity contribution is 0.220. The van der Waals surface area contributed by atoms with E-state index in [9.17, 15) is 5.11 Å². The number of hydrogen-bond acceptors (Lipinski definition) is 3. The van der Waals surface area contributed by atoms with Gasteiger partial charge >= 0.3 is 0 Å². The molecule has 1 aromatic rings. The van der Waals surface area contributed by atoms with Gasteiger partial charge in [0.1, 0.15) is 0 Å². The Hall–Kier alpha value is -1.59. The molecule has 1 aromatic carbocycles. The van der Waals surface area contributed by atoms with E-state index in [-0.39, 0.29) is 6.61 Å². The summed E-state index contributed by atoms with van der Waals surface area (Å²) in [4.78, 5) is 7.43. The Morgan fingerprint density at radius 1 is 1.10 bits per heavy atom. The summed E-state index contributed by atoms with van der Waals surface area (Å²) in [6.07, 6.45) is 5.96. The molecule has 3 N–H and O–H groups in total. The number of benzene rings is 1. The Kier molecular flexibility index (Phi) is 11.1. The molecule has 1 heterocycles. The lowest BCUT2D eigenvalue weighted by Gasteiger charge is -2.27. The molecule has 1 aliphatic heterocycles. The second kappa shape index (κ2) is 13.6. The molecule has 0 amide bonds. The fraction of sp³-hybridized carbons (Fsp3) is 0.708. The molecule has 1 aliphatic rings. The maximum Gasteiger partial charge on any atom is 0.191 e. The van der Waals surface area contributed by atoms with Gasteiger partial charge in [-0.05, 0) is 68.7 Å². The third-order valence-electron chi connectivity index (χ3n) is 5.61. The summed E-state index contributed by atoms with van der Waals surface area (Å²) >= 11 is 0. The molecule has 5 nitrogen and oxygen atoms in total. The predicted octanol–water partition coefficient (Wildman–Crippen LogP) is 3.77. The summed E-state index contributed by atoms with van der Waals surface area (Å²) in [7, 11) is 0. The fourth-order valence-electron chi connectivity index (χ4n) is 4.12. The summed E-state index contributed by atoms with van der Waals surface area (Å²) in [6.45, 7) is 12.7. The standard InChI is InChI=1S/C24H42N4O/c1-4-25-24(26-17-21(12-15-29)16-20(2)3)27-18-22-10-6-7-11-23(22)19-28-13-8-5-9-14-28/h6-7,10-11,20-21,29H,4-5,8-9,12-19H2,1-3H3,(H2,25,26,27). The first-order chi connectivity index (χ1) is 14.1. The van der Waals surface area contributed by atoms with E-state index in [2.05, 4.69) is 60.6 Å². The van der Waals surface area contributed by atoms with Crippen molar-refractivity contribution in [3.05, 3.63) is 35.4 Å². The maximum atomic E-state index is 9.36. The Balaban J connectivity index is 1.98. The first-order valence-corrected chi connectivity index (χ1v) is 11.5. The number of nitrogens with zero attached hydrogens (tertiary/aromatic N) is 2. The average molecular weight is 403 g/mol. The number of guanidine groups is 1. The van der Waals surface area contributed by atoms with Gasteiger partial charge in [-0.1, -0.05) is 44.5 Å². The topological polar surface area (TPSA) is 59.9 Å². The van der Waals surface area contributed by atoms with Crippen LogP contribution in [0.15, 0.2) is 29.3 Å². The smallest absolute Gasteiger partial charge is 0.191 e. The van der Waals surface area contributed by atoms with E-state index >= 15 is 0 Å². The second-order valence-corrected chi connectivity index (χ2v) is 8.69. The van der Waals surface area contributed by atoms with Crippen molar-refractivity contribution in [3.63, 3.8) is 0 Å². The molecule has 0 radical (unpaired) electrons. The Morgan fingerprint density at radius 2 is 1.83 bits per heavy atom. The first kappa shape index (κ1) is 23.7. The van der Waals surface area contributed by atoms with E-state index in [0.717, 1.165) is 38.4 Å². The van der Waals surface area contributed by atoms with E-state index < -0.39 is 0 Å². The van der Waals surface area contributed by atoms with E-state index in [0.29, 0.717) is 18.4 Å². The average Bonchev–Trinajstić information content (AvgIpc) is 2.71. The largest absolute Gasteiger partial charge is 0.396 e. The van der Waals surface area contributed by atoms with Gasteiger partial charge in [-0.15, -0.1) is 0 Å². The monoisotopic (exact) mass is 402 g/mol. The predicted molar refractivity (Wildman–Crippen MR) is 123 cm³/mol. The minimum atomic E-state index is 0.247. The quantitative estimate of drug-likeness (QED) is 0.389. The fourth-order valence-corrected chi connectivity index (χ4v) is 4.12. The number of hydrogen-bond donors (Lipinski definition) is 3. The van der Waals surface area contributed by atoms with Crippen molar-refractivity contribution in [2.24, 2.45) is 16.8 Å². The van der Waals surface area contributed by atoms with Gasteiger partial charge < -0.3 is 15.7 Å². The third-order valence-corrected chi connectivity index (χ3v) is 5.61. The van der Waals surface area contributed by atoms with Crippen molar-refractivity contribution in [1.29, 1.82) is 0 Å². The van der Waals surface area contributed by atoms with Crippen molar-refractivity contribution in [2.75, 3.05) is 32.8 Å². The molecular formula is C24H42N4O. The molecule has 0 spiro atoms. The molecule has 0 saturated carbocycles. The molecule has 0 aliphatic carbocycles. The highest BCUT2D eigenvalue weighted by Crippen LogP contribution is 2.17. The second-order valence-electron chi connectivity index (χ2n) is 8.69. The lowest BCUT2D eigenvalue weighted by atomic mass is 9.94. The number of aliphatic hydroxyl groups excluding tert-OH is 1. The van der Waals surface area contributed by atoms with Crippen LogP contribution in [-0.4, -0.2) is 48.8 Å². The van der Waals surface area contributed by atoms with Crippen LogP contribution in [0, 0.1) is 11.8 Å². The van der Waals surface area contributed by atoms with Crippen LogP contribution in [0.2, 0.25) is 0 Å². The number of nitrogens with one attached hydrogen (secondary N) is 2. The number of aliphatic hydroxyl groups is 1. The minimum Gasteiger partial charge on any atom is -0.396 e. The Bertz CT molecular complexity index is 596. The van der Waals surface area contributed by atoms with Crippen molar-refractivity contribution in [3.8, 4) is 0 Å². The summed E-state index contributed by atoms with van der Waals surface area (Å²) in [5.41, 5.74) is 2.70. The van der Waals surface area contributed by atoms with Crippen LogP contribution in [0.1, 0.15) is 64.0 Å². The molecule has 164 valence electrons. The molecule has 1 atom stereocenters. The number of aliphatic imine (C=N–C) groups is 1. The third kappa shape index (κ3) is 9.18. The highest BCUT2D eigenvalue weighted by Gasteiger charge is 2.13. The molecule has 0 bridgehead atoms. The first-order valence-electron chi connectivity index (χ1n) is 11.5. The molecule has 29 heavy (non-hydrogen) atoms. The number of piperidine rings is 1. The zero-order valence-electron chi connectivity index (χ0n) is 18.8. The normalized spacial score (nSPS) is 16.8. The molecule has 5 heteroatoms. The van der Waals surface area contributed by atoms with Gasteiger partial charge in [0.2, 0.25) is 0 Å². The van der Waals surface area contributed by atoms with Crippen LogP contribution in [-0.2, 0) is 13.1 Å². The number of rotatable bonds is 11. The van der Waals surface area contributed by atoms with Gasteiger partial charge in [0.15, 0.2) is 5.96 Å². The highest BCUT2D eigenvalue weighted by atomic mass is 16.3. The van der Waals surface area contributed by atoms with Crippen LogP contribution in [0.25, 0.3) is 0 Å². The Labute approximate surface area is 178 Å². The molecule has 1 fully saturated rings. The van der Waals surface area contributed by atoms with Crippen LogP contribution in [0.3, 0.4) is 0 Å². The molecule has 1 unspecified atom stereocenters. The van der Waals surface area contributed by atoms with Gasteiger partial charge in [-0.25, -0.2) is 4.99 Å².